The lowest BCUT2D eigenvalue weighted by molar-refractivity contribution is -0.150. The van der Waals surface area contributed by atoms with Gasteiger partial charge in [0.25, 0.3) is 0 Å². The minimum atomic E-state index is -4.19. The Morgan fingerprint density at radius 2 is 1.92 bits per heavy atom. The summed E-state index contributed by atoms with van der Waals surface area (Å²) in [6.07, 6.45) is -3.41. The Bertz CT molecular complexity index is 156. The van der Waals surface area contributed by atoms with Gasteiger partial charge >= 0.3 is 6.18 Å². The largest absolute Gasteiger partial charge is 0.401 e. The molecule has 0 saturated heterocycles. The van der Waals surface area contributed by atoms with Crippen LogP contribution in [0.15, 0.2) is 0 Å². The summed E-state index contributed by atoms with van der Waals surface area (Å²) in [5.74, 6) is 0. The predicted molar refractivity (Wildman–Crippen MR) is 43.4 cm³/mol. The molecular formula is C8H14F3NO. The van der Waals surface area contributed by atoms with Gasteiger partial charge in [-0.15, -0.1) is 0 Å². The predicted octanol–water partition coefficient (Wildman–Crippen LogP) is 1.85. The van der Waals surface area contributed by atoms with E-state index >= 15 is 0 Å². The van der Waals surface area contributed by atoms with Crippen LogP contribution in [-0.4, -0.2) is 36.5 Å². The molecule has 0 N–H and O–H groups in total. The maximum absolute atomic E-state index is 12.0. The maximum Gasteiger partial charge on any atom is 0.401 e. The number of hydrogen-bond acceptors (Lipinski definition) is 2. The third-order valence-electron chi connectivity index (χ3n) is 1.65. The Balaban J connectivity index is 4.02. The van der Waals surface area contributed by atoms with E-state index in [1.165, 1.54) is 4.90 Å². The molecule has 0 aromatic carbocycles. The normalized spacial score (nSPS) is 12.5. The molecule has 0 rings (SSSR count). The Kier molecular flexibility index (Phi) is 4.98. The molecule has 0 aliphatic rings. The first-order valence-corrected chi connectivity index (χ1v) is 4.11. The molecule has 0 unspecified atom stereocenters. The van der Waals surface area contributed by atoms with Gasteiger partial charge in [-0.25, -0.2) is 0 Å². The molecule has 5 heteroatoms. The first kappa shape index (κ1) is 12.4. The van der Waals surface area contributed by atoms with Gasteiger partial charge in [-0.1, -0.05) is 0 Å². The fourth-order valence-electron chi connectivity index (χ4n) is 0.969. The van der Waals surface area contributed by atoms with Crippen LogP contribution < -0.4 is 0 Å². The van der Waals surface area contributed by atoms with Crippen LogP contribution in [0.2, 0.25) is 0 Å². The molecule has 2 nitrogen and oxygen atoms in total. The summed E-state index contributed by atoms with van der Waals surface area (Å²) in [5.41, 5.74) is 0. The van der Waals surface area contributed by atoms with Crippen LogP contribution in [0.3, 0.4) is 0 Å². The van der Waals surface area contributed by atoms with E-state index < -0.39 is 12.7 Å². The molecule has 0 fully saturated rings. The van der Waals surface area contributed by atoms with Crippen molar-refractivity contribution in [3.05, 3.63) is 0 Å². The summed E-state index contributed by atoms with van der Waals surface area (Å²) in [4.78, 5) is 11.2. The highest BCUT2D eigenvalue weighted by molar-refractivity contribution is 5.49. The average Bonchev–Trinajstić information content (AvgIpc) is 1.95. The van der Waals surface area contributed by atoms with Crippen LogP contribution in [0.25, 0.3) is 0 Å². The molecule has 0 aromatic heterocycles. The van der Waals surface area contributed by atoms with Crippen molar-refractivity contribution in [3.8, 4) is 0 Å². The zero-order chi connectivity index (χ0) is 10.5. The van der Waals surface area contributed by atoms with Gasteiger partial charge in [0.05, 0.1) is 6.54 Å². The van der Waals surface area contributed by atoms with Crippen molar-refractivity contribution < 1.29 is 18.0 Å². The first-order chi connectivity index (χ1) is 5.87. The molecule has 0 bridgehead atoms. The summed E-state index contributed by atoms with van der Waals surface area (Å²) >= 11 is 0. The van der Waals surface area contributed by atoms with Gasteiger partial charge < -0.3 is 4.79 Å². The van der Waals surface area contributed by atoms with Gasteiger partial charge in [0, 0.05) is 19.0 Å². The Labute approximate surface area is 75.7 Å². The Morgan fingerprint density at radius 3 is 2.23 bits per heavy atom. The van der Waals surface area contributed by atoms with Crippen molar-refractivity contribution in [3.63, 3.8) is 0 Å². The standard InChI is InChI=1S/C8H14F3NO/c1-7(2)12(4-3-5-13)6-8(9,10)11/h5,7H,3-4,6H2,1-2H3. The van der Waals surface area contributed by atoms with Crippen molar-refractivity contribution >= 4 is 6.29 Å². The fourth-order valence-corrected chi connectivity index (χ4v) is 0.969. The SMILES string of the molecule is CC(C)N(CCC=O)CC(F)(F)F. The zero-order valence-electron chi connectivity index (χ0n) is 7.77. The van der Waals surface area contributed by atoms with Crippen LogP contribution in [0, 0.1) is 0 Å². The Morgan fingerprint density at radius 1 is 1.38 bits per heavy atom. The molecule has 0 radical (unpaired) electrons. The number of nitrogens with zero attached hydrogens (tertiary/aromatic N) is 1. The van der Waals surface area contributed by atoms with E-state index in [9.17, 15) is 18.0 Å². The molecule has 0 aliphatic heterocycles. The van der Waals surface area contributed by atoms with Crippen molar-refractivity contribution in [1.29, 1.82) is 0 Å². The lowest BCUT2D eigenvalue weighted by Crippen LogP contribution is -2.39. The second-order valence-corrected chi connectivity index (χ2v) is 3.13. The minimum Gasteiger partial charge on any atom is -0.303 e. The highest BCUT2D eigenvalue weighted by Gasteiger charge is 2.31. The number of carbonyl (C=O) groups excluding carboxylic acids is 1. The molecule has 0 aliphatic carbocycles. The molecule has 13 heavy (non-hydrogen) atoms. The molecule has 0 aromatic rings. The second kappa shape index (κ2) is 5.21. The Hall–Kier alpha value is -0.580. The van der Waals surface area contributed by atoms with Crippen LogP contribution in [0.1, 0.15) is 20.3 Å². The van der Waals surface area contributed by atoms with Gasteiger partial charge in [0.2, 0.25) is 0 Å². The van der Waals surface area contributed by atoms with E-state index in [-0.39, 0.29) is 19.0 Å². The molecule has 0 atom stereocenters. The first-order valence-electron chi connectivity index (χ1n) is 4.11. The van der Waals surface area contributed by atoms with Crippen LogP contribution in [0.4, 0.5) is 13.2 Å². The summed E-state index contributed by atoms with van der Waals surface area (Å²) < 4.78 is 35.9. The lowest BCUT2D eigenvalue weighted by atomic mass is 10.3. The van der Waals surface area contributed by atoms with E-state index in [1.54, 1.807) is 13.8 Å². The maximum atomic E-state index is 12.0. The van der Waals surface area contributed by atoms with Crippen molar-refractivity contribution in [2.45, 2.75) is 32.5 Å². The summed E-state index contributed by atoms with van der Waals surface area (Å²) in [5, 5.41) is 0. The van der Waals surface area contributed by atoms with Crippen LogP contribution >= 0.6 is 0 Å². The molecule has 0 spiro atoms. The number of halogens is 3. The van der Waals surface area contributed by atoms with E-state index in [0.717, 1.165) is 0 Å². The van der Waals surface area contributed by atoms with Crippen molar-refractivity contribution in [2.75, 3.05) is 13.1 Å². The number of carbonyl (C=O) groups is 1. The lowest BCUT2D eigenvalue weighted by Gasteiger charge is -2.26. The number of hydrogen-bond donors (Lipinski definition) is 0. The zero-order valence-corrected chi connectivity index (χ0v) is 7.77. The van der Waals surface area contributed by atoms with E-state index in [0.29, 0.717) is 6.29 Å². The number of rotatable bonds is 5. The van der Waals surface area contributed by atoms with Gasteiger partial charge in [-0.3, -0.25) is 4.90 Å². The monoisotopic (exact) mass is 197 g/mol. The van der Waals surface area contributed by atoms with Crippen LogP contribution in [-0.2, 0) is 4.79 Å². The molecule has 78 valence electrons. The molecular weight excluding hydrogens is 183 g/mol. The highest BCUT2D eigenvalue weighted by Crippen LogP contribution is 2.17. The highest BCUT2D eigenvalue weighted by atomic mass is 19.4. The van der Waals surface area contributed by atoms with Crippen molar-refractivity contribution in [1.82, 2.24) is 4.90 Å². The fraction of sp³-hybridized carbons (Fsp3) is 0.875. The quantitative estimate of drug-likeness (QED) is 0.627. The van der Waals surface area contributed by atoms with Crippen LogP contribution in [0.5, 0.6) is 0 Å². The van der Waals surface area contributed by atoms with E-state index in [4.69, 9.17) is 0 Å². The van der Waals surface area contributed by atoms with E-state index in [1.807, 2.05) is 0 Å². The van der Waals surface area contributed by atoms with Gasteiger partial charge in [0.1, 0.15) is 6.29 Å². The molecule has 0 amide bonds. The minimum absolute atomic E-state index is 0.147. The van der Waals surface area contributed by atoms with Crippen molar-refractivity contribution in [2.24, 2.45) is 0 Å². The topological polar surface area (TPSA) is 20.3 Å². The average molecular weight is 197 g/mol. The summed E-state index contributed by atoms with van der Waals surface area (Å²) in [6.45, 7) is 2.58. The second-order valence-electron chi connectivity index (χ2n) is 3.13. The smallest absolute Gasteiger partial charge is 0.303 e. The molecule has 0 saturated carbocycles. The summed E-state index contributed by atoms with van der Waals surface area (Å²) in [6, 6.07) is -0.193. The van der Waals surface area contributed by atoms with Gasteiger partial charge in [-0.2, -0.15) is 13.2 Å². The number of alkyl halides is 3. The third kappa shape index (κ3) is 6.57. The molecule has 0 heterocycles. The number of aldehydes is 1. The summed E-state index contributed by atoms with van der Waals surface area (Å²) in [7, 11) is 0. The van der Waals surface area contributed by atoms with Gasteiger partial charge in [-0.05, 0) is 13.8 Å². The third-order valence-corrected chi connectivity index (χ3v) is 1.65. The van der Waals surface area contributed by atoms with E-state index in [2.05, 4.69) is 0 Å². The van der Waals surface area contributed by atoms with Gasteiger partial charge in [0.15, 0.2) is 0 Å².